The number of rotatable bonds is 5. The van der Waals surface area contributed by atoms with Gasteiger partial charge in [0.2, 0.25) is 0 Å². The first-order valence-corrected chi connectivity index (χ1v) is 10.2. The number of nitrogens with zero attached hydrogens (tertiary/aromatic N) is 2. The van der Waals surface area contributed by atoms with Crippen molar-refractivity contribution in [3.63, 3.8) is 0 Å². The molecule has 0 saturated heterocycles. The minimum atomic E-state index is -0.299. The van der Waals surface area contributed by atoms with E-state index in [9.17, 15) is 9.18 Å². The molecule has 0 N–H and O–H groups in total. The highest BCUT2D eigenvalue weighted by Crippen LogP contribution is 2.42. The van der Waals surface area contributed by atoms with E-state index in [0.717, 1.165) is 32.6 Å². The largest absolute Gasteiger partial charge is 0.344 e. The van der Waals surface area contributed by atoms with E-state index in [1.54, 1.807) is 17.8 Å². The zero-order valence-corrected chi connectivity index (χ0v) is 16.2. The third-order valence-electron chi connectivity index (χ3n) is 6.36. The molecule has 5 rings (SSSR count). The molecular formula is C24H25FN2O. The Morgan fingerprint density at radius 2 is 2.00 bits per heavy atom. The first kappa shape index (κ1) is 17.6. The summed E-state index contributed by atoms with van der Waals surface area (Å²) in [5.74, 6) is 0.418. The SMILES string of the molecule is Cc1ccc2c(c1)c1c3n2CCC3CN(CCCC(=O)c2ccc(F)cc2)C1. The summed E-state index contributed by atoms with van der Waals surface area (Å²) in [6.07, 6.45) is 2.58. The smallest absolute Gasteiger partial charge is 0.162 e. The third-order valence-corrected chi connectivity index (χ3v) is 6.36. The van der Waals surface area contributed by atoms with Crippen LogP contribution < -0.4 is 0 Å². The molecule has 3 nitrogen and oxygen atoms in total. The second-order valence-electron chi connectivity index (χ2n) is 8.29. The predicted molar refractivity (Wildman–Crippen MR) is 109 cm³/mol. The highest BCUT2D eigenvalue weighted by molar-refractivity contribution is 5.96. The van der Waals surface area contributed by atoms with Crippen molar-refractivity contribution in [2.75, 3.05) is 13.1 Å². The summed E-state index contributed by atoms with van der Waals surface area (Å²) in [4.78, 5) is 14.9. The van der Waals surface area contributed by atoms with Crippen LogP contribution in [0, 0.1) is 12.7 Å². The average molecular weight is 376 g/mol. The van der Waals surface area contributed by atoms with Crippen LogP contribution in [0.3, 0.4) is 0 Å². The van der Waals surface area contributed by atoms with Crippen molar-refractivity contribution in [3.8, 4) is 0 Å². The number of aryl methyl sites for hydroxylation is 2. The average Bonchev–Trinajstić information content (AvgIpc) is 3.24. The van der Waals surface area contributed by atoms with Crippen molar-refractivity contribution < 1.29 is 9.18 Å². The van der Waals surface area contributed by atoms with Crippen LogP contribution in [0.2, 0.25) is 0 Å². The van der Waals surface area contributed by atoms with E-state index in [1.165, 1.54) is 40.6 Å². The van der Waals surface area contributed by atoms with Gasteiger partial charge in [-0.15, -0.1) is 0 Å². The lowest BCUT2D eigenvalue weighted by molar-refractivity contribution is 0.0973. The highest BCUT2D eigenvalue weighted by Gasteiger charge is 2.34. The van der Waals surface area contributed by atoms with E-state index in [1.807, 2.05) is 0 Å². The van der Waals surface area contributed by atoms with Crippen molar-refractivity contribution in [1.29, 1.82) is 0 Å². The summed E-state index contributed by atoms with van der Waals surface area (Å²) >= 11 is 0. The minimum absolute atomic E-state index is 0.103. The van der Waals surface area contributed by atoms with E-state index in [4.69, 9.17) is 0 Å². The minimum Gasteiger partial charge on any atom is -0.344 e. The second kappa shape index (κ2) is 6.85. The third kappa shape index (κ3) is 2.96. The molecule has 2 aliphatic heterocycles. The molecule has 28 heavy (non-hydrogen) atoms. The van der Waals surface area contributed by atoms with E-state index in [0.29, 0.717) is 17.9 Å². The number of ketones is 1. The molecule has 1 unspecified atom stereocenters. The Morgan fingerprint density at radius 1 is 1.18 bits per heavy atom. The number of hydrogen-bond donors (Lipinski definition) is 0. The standard InChI is InChI=1S/C24H25FN2O/c1-16-4-9-22-20(13-16)21-15-26(14-18-10-12-27(22)24(18)21)11-2-3-23(28)17-5-7-19(25)8-6-17/h4-9,13,18H,2-3,10-12,14-15H2,1H3. The van der Waals surface area contributed by atoms with Crippen molar-refractivity contribution in [2.24, 2.45) is 0 Å². The molecule has 144 valence electrons. The number of halogens is 1. The molecule has 0 saturated carbocycles. The second-order valence-corrected chi connectivity index (χ2v) is 8.29. The number of aromatic nitrogens is 1. The van der Waals surface area contributed by atoms with Crippen LogP contribution in [-0.4, -0.2) is 28.3 Å². The number of carbonyl (C=O) groups is 1. The van der Waals surface area contributed by atoms with Crippen molar-refractivity contribution in [2.45, 2.75) is 45.2 Å². The Morgan fingerprint density at radius 3 is 2.82 bits per heavy atom. The predicted octanol–water partition coefficient (Wildman–Crippen LogP) is 5.05. The molecule has 3 heterocycles. The highest BCUT2D eigenvalue weighted by atomic mass is 19.1. The first-order chi connectivity index (χ1) is 13.6. The van der Waals surface area contributed by atoms with Gasteiger partial charge in [-0.1, -0.05) is 11.6 Å². The molecule has 0 fully saturated rings. The lowest BCUT2D eigenvalue weighted by Gasteiger charge is -2.31. The Labute approximate surface area is 164 Å². The zero-order valence-electron chi connectivity index (χ0n) is 16.2. The Hall–Kier alpha value is -2.46. The molecule has 0 bridgehead atoms. The Balaban J connectivity index is 1.29. The van der Waals surface area contributed by atoms with Crippen LogP contribution in [0.1, 0.15) is 52.4 Å². The van der Waals surface area contributed by atoms with E-state index >= 15 is 0 Å². The Kier molecular flexibility index (Phi) is 4.31. The molecule has 1 atom stereocenters. The van der Waals surface area contributed by atoms with E-state index in [2.05, 4.69) is 34.6 Å². The van der Waals surface area contributed by atoms with Crippen LogP contribution >= 0.6 is 0 Å². The van der Waals surface area contributed by atoms with Gasteiger partial charge in [-0.05, 0) is 68.3 Å². The maximum absolute atomic E-state index is 13.0. The molecule has 0 aliphatic carbocycles. The molecule has 4 heteroatoms. The Bertz CT molecular complexity index is 1050. The lowest BCUT2D eigenvalue weighted by atomic mass is 9.93. The summed E-state index contributed by atoms with van der Waals surface area (Å²) in [7, 11) is 0. The fourth-order valence-electron chi connectivity index (χ4n) is 5.04. The quantitative estimate of drug-likeness (QED) is 0.582. The number of hydrogen-bond acceptors (Lipinski definition) is 2. The molecule has 2 aliphatic rings. The lowest BCUT2D eigenvalue weighted by Crippen LogP contribution is -2.33. The summed E-state index contributed by atoms with van der Waals surface area (Å²) in [6, 6.07) is 12.7. The van der Waals surface area contributed by atoms with Crippen LogP contribution in [-0.2, 0) is 13.1 Å². The number of carbonyl (C=O) groups excluding carboxylic acids is 1. The van der Waals surface area contributed by atoms with Crippen LogP contribution in [0.5, 0.6) is 0 Å². The van der Waals surface area contributed by atoms with Gasteiger partial charge in [0.1, 0.15) is 5.82 Å². The normalized spacial score (nSPS) is 18.6. The van der Waals surface area contributed by atoms with Gasteiger partial charge >= 0.3 is 0 Å². The van der Waals surface area contributed by atoms with Crippen LogP contribution in [0.4, 0.5) is 4.39 Å². The van der Waals surface area contributed by atoms with Crippen molar-refractivity contribution in [1.82, 2.24) is 9.47 Å². The maximum Gasteiger partial charge on any atom is 0.162 e. The summed E-state index contributed by atoms with van der Waals surface area (Å²) in [6.45, 7) is 6.28. The van der Waals surface area contributed by atoms with Crippen molar-refractivity contribution in [3.05, 3.63) is 70.7 Å². The maximum atomic E-state index is 13.0. The zero-order chi connectivity index (χ0) is 19.3. The summed E-state index contributed by atoms with van der Waals surface area (Å²) in [5, 5.41) is 1.41. The van der Waals surface area contributed by atoms with Gasteiger partial charge in [0.05, 0.1) is 0 Å². The van der Waals surface area contributed by atoms with Crippen LogP contribution in [0.15, 0.2) is 42.5 Å². The van der Waals surface area contributed by atoms with Crippen molar-refractivity contribution >= 4 is 16.7 Å². The van der Waals surface area contributed by atoms with Gasteiger partial charge in [0.25, 0.3) is 0 Å². The number of fused-ring (bicyclic) bond motifs is 3. The van der Waals surface area contributed by atoms with Gasteiger partial charge in [-0.2, -0.15) is 0 Å². The molecule has 0 radical (unpaired) electrons. The number of benzene rings is 2. The van der Waals surface area contributed by atoms with Gasteiger partial charge < -0.3 is 4.57 Å². The van der Waals surface area contributed by atoms with E-state index in [-0.39, 0.29) is 11.6 Å². The van der Waals surface area contributed by atoms with Gasteiger partial charge in [-0.25, -0.2) is 4.39 Å². The topological polar surface area (TPSA) is 25.2 Å². The molecule has 3 aromatic rings. The van der Waals surface area contributed by atoms with Gasteiger partial charge in [0, 0.05) is 54.1 Å². The first-order valence-electron chi connectivity index (χ1n) is 10.2. The fourth-order valence-corrected chi connectivity index (χ4v) is 5.04. The molecule has 2 aromatic carbocycles. The molecular weight excluding hydrogens is 351 g/mol. The van der Waals surface area contributed by atoms with Gasteiger partial charge in [0.15, 0.2) is 5.78 Å². The number of Topliss-reactive ketones (excluding diaryl/α,β-unsaturated/α-hetero) is 1. The van der Waals surface area contributed by atoms with Gasteiger partial charge in [-0.3, -0.25) is 9.69 Å². The monoisotopic (exact) mass is 376 g/mol. The van der Waals surface area contributed by atoms with Crippen LogP contribution in [0.25, 0.3) is 10.9 Å². The summed E-state index contributed by atoms with van der Waals surface area (Å²) in [5.41, 5.74) is 6.35. The molecule has 1 aromatic heterocycles. The fraction of sp³-hybridized carbons (Fsp3) is 0.375. The summed E-state index contributed by atoms with van der Waals surface area (Å²) < 4.78 is 15.6. The molecule has 0 amide bonds. The molecule has 0 spiro atoms. The van der Waals surface area contributed by atoms with E-state index < -0.39 is 0 Å².